The summed E-state index contributed by atoms with van der Waals surface area (Å²) in [5.41, 5.74) is 0.849. The first-order valence-corrected chi connectivity index (χ1v) is 7.91. The first kappa shape index (κ1) is 15.7. The fourth-order valence-electron chi connectivity index (χ4n) is 1.60. The molecule has 20 heavy (non-hydrogen) atoms. The predicted molar refractivity (Wildman–Crippen MR) is 82.5 cm³/mol. The minimum atomic E-state index is -0.668. The van der Waals surface area contributed by atoms with Gasteiger partial charge in [-0.05, 0) is 45.8 Å². The van der Waals surface area contributed by atoms with Crippen molar-refractivity contribution in [3.05, 3.63) is 62.6 Å². The highest BCUT2D eigenvalue weighted by molar-refractivity contribution is 9.10. The Morgan fingerprint density at radius 2 is 1.90 bits per heavy atom. The normalized spacial score (nSPS) is 10.7. The van der Waals surface area contributed by atoms with Gasteiger partial charge in [0.1, 0.15) is 24.0 Å². The van der Waals surface area contributed by atoms with Crippen LogP contribution in [0.2, 0.25) is 5.02 Å². The van der Waals surface area contributed by atoms with Gasteiger partial charge in [-0.3, -0.25) is 0 Å². The summed E-state index contributed by atoms with van der Waals surface area (Å²) in [4.78, 5) is 0. The molecule has 0 radical (unpaired) electrons. The van der Waals surface area contributed by atoms with Gasteiger partial charge in [0.15, 0.2) is 0 Å². The Kier molecular flexibility index (Phi) is 5.41. The van der Waals surface area contributed by atoms with E-state index in [1.165, 1.54) is 12.1 Å². The van der Waals surface area contributed by atoms with E-state index < -0.39 is 11.6 Å². The molecule has 0 saturated heterocycles. The molecule has 2 rings (SSSR count). The molecule has 1 nitrogen and oxygen atoms in total. The monoisotopic (exact) mass is 424 g/mol. The molecule has 0 aliphatic heterocycles. The first-order chi connectivity index (χ1) is 9.52. The third kappa shape index (κ3) is 3.51. The molecular formula is C14H9Br2ClF2O. The second kappa shape index (κ2) is 6.87. The highest BCUT2D eigenvalue weighted by Gasteiger charge is 2.13. The summed E-state index contributed by atoms with van der Waals surface area (Å²) in [5.74, 6) is -0.938. The molecule has 0 aromatic heterocycles. The van der Waals surface area contributed by atoms with E-state index in [0.717, 1.165) is 5.56 Å². The third-order valence-corrected chi connectivity index (χ3v) is 4.22. The van der Waals surface area contributed by atoms with E-state index in [2.05, 4.69) is 31.9 Å². The third-order valence-electron chi connectivity index (χ3n) is 2.66. The molecule has 2 aromatic rings. The Morgan fingerprint density at radius 3 is 2.55 bits per heavy atom. The van der Waals surface area contributed by atoms with Gasteiger partial charge in [-0.1, -0.05) is 33.6 Å². The Balaban J connectivity index is 2.19. The van der Waals surface area contributed by atoms with Crippen LogP contribution in [0.4, 0.5) is 8.78 Å². The summed E-state index contributed by atoms with van der Waals surface area (Å²) < 4.78 is 32.9. The Bertz CT molecular complexity index is 635. The molecule has 2 aromatic carbocycles. The lowest BCUT2D eigenvalue weighted by atomic mass is 10.2. The van der Waals surface area contributed by atoms with Crippen LogP contribution in [-0.4, -0.2) is 0 Å². The first-order valence-electron chi connectivity index (χ1n) is 5.62. The van der Waals surface area contributed by atoms with Gasteiger partial charge in [0, 0.05) is 5.33 Å². The average Bonchev–Trinajstić information content (AvgIpc) is 2.44. The number of rotatable bonds is 4. The zero-order chi connectivity index (χ0) is 14.7. The number of ether oxygens (including phenoxy) is 1. The molecule has 0 aliphatic carbocycles. The minimum absolute atomic E-state index is 0.139. The minimum Gasteiger partial charge on any atom is -0.487 e. The van der Waals surface area contributed by atoms with Gasteiger partial charge in [0.2, 0.25) is 0 Å². The lowest BCUT2D eigenvalue weighted by molar-refractivity contribution is 0.292. The molecule has 0 spiro atoms. The molecule has 0 aliphatic rings. The Morgan fingerprint density at radius 1 is 1.15 bits per heavy atom. The SMILES string of the molecule is Fc1ccc(Br)c(F)c1COc1ccc(CBr)cc1Cl. The lowest BCUT2D eigenvalue weighted by Gasteiger charge is -2.11. The number of hydrogen-bond acceptors (Lipinski definition) is 1. The van der Waals surface area contributed by atoms with Crippen LogP contribution in [0.1, 0.15) is 11.1 Å². The summed E-state index contributed by atoms with van der Waals surface area (Å²) in [7, 11) is 0. The van der Waals surface area contributed by atoms with Crippen LogP contribution >= 0.6 is 43.5 Å². The molecule has 0 bridgehead atoms. The van der Waals surface area contributed by atoms with Crippen molar-refractivity contribution in [3.8, 4) is 5.75 Å². The molecule has 0 N–H and O–H groups in total. The van der Waals surface area contributed by atoms with Gasteiger partial charge >= 0.3 is 0 Å². The van der Waals surface area contributed by atoms with Gasteiger partial charge in [-0.25, -0.2) is 8.78 Å². The van der Waals surface area contributed by atoms with Crippen LogP contribution < -0.4 is 4.74 Å². The van der Waals surface area contributed by atoms with Gasteiger partial charge < -0.3 is 4.74 Å². The molecule has 0 unspecified atom stereocenters. The fraction of sp³-hybridized carbons (Fsp3) is 0.143. The maximum absolute atomic E-state index is 13.8. The number of alkyl halides is 1. The van der Waals surface area contributed by atoms with Crippen LogP contribution in [0.3, 0.4) is 0 Å². The smallest absolute Gasteiger partial charge is 0.146 e. The standard InChI is InChI=1S/C14H9Br2ClF2O/c15-6-8-1-4-13(11(17)5-8)20-7-9-12(18)3-2-10(16)14(9)19/h1-5H,6-7H2. The number of benzene rings is 2. The van der Waals surface area contributed by atoms with Gasteiger partial charge in [-0.2, -0.15) is 0 Å². The van der Waals surface area contributed by atoms with Crippen molar-refractivity contribution in [1.82, 2.24) is 0 Å². The molecule has 106 valence electrons. The molecule has 0 atom stereocenters. The quantitative estimate of drug-likeness (QED) is 0.440. The molecular weight excluding hydrogens is 417 g/mol. The maximum Gasteiger partial charge on any atom is 0.146 e. The van der Waals surface area contributed by atoms with Crippen LogP contribution in [0.5, 0.6) is 5.75 Å². The summed E-state index contributed by atoms with van der Waals surface area (Å²) in [6.45, 7) is -0.232. The van der Waals surface area contributed by atoms with E-state index in [4.69, 9.17) is 16.3 Å². The summed E-state index contributed by atoms with van der Waals surface area (Å²) in [6, 6.07) is 7.73. The zero-order valence-corrected chi connectivity index (χ0v) is 14.0. The van der Waals surface area contributed by atoms with Crippen LogP contribution in [0, 0.1) is 11.6 Å². The average molecular weight is 426 g/mol. The molecule has 0 heterocycles. The van der Waals surface area contributed by atoms with Gasteiger partial charge in [0.05, 0.1) is 15.1 Å². The largest absolute Gasteiger partial charge is 0.487 e. The molecule has 6 heteroatoms. The maximum atomic E-state index is 13.8. The zero-order valence-electron chi connectivity index (χ0n) is 10.1. The van der Waals surface area contributed by atoms with E-state index in [1.54, 1.807) is 12.1 Å². The summed E-state index contributed by atoms with van der Waals surface area (Å²) >= 11 is 12.4. The van der Waals surface area contributed by atoms with Crippen LogP contribution in [0.25, 0.3) is 0 Å². The van der Waals surface area contributed by atoms with E-state index in [-0.39, 0.29) is 16.6 Å². The van der Waals surface area contributed by atoms with Crippen molar-refractivity contribution in [2.24, 2.45) is 0 Å². The van der Waals surface area contributed by atoms with Crippen LogP contribution in [-0.2, 0) is 11.9 Å². The van der Waals surface area contributed by atoms with Crippen LogP contribution in [0.15, 0.2) is 34.8 Å². The number of halogens is 5. The Labute approximate surface area is 137 Å². The highest BCUT2D eigenvalue weighted by atomic mass is 79.9. The van der Waals surface area contributed by atoms with E-state index in [1.807, 2.05) is 6.07 Å². The van der Waals surface area contributed by atoms with E-state index in [0.29, 0.717) is 16.1 Å². The van der Waals surface area contributed by atoms with Crippen molar-refractivity contribution in [1.29, 1.82) is 0 Å². The van der Waals surface area contributed by atoms with Crippen molar-refractivity contribution in [2.75, 3.05) is 0 Å². The lowest BCUT2D eigenvalue weighted by Crippen LogP contribution is -2.03. The second-order valence-electron chi connectivity index (χ2n) is 4.01. The van der Waals surface area contributed by atoms with Crippen molar-refractivity contribution >= 4 is 43.5 Å². The van der Waals surface area contributed by atoms with Crippen molar-refractivity contribution < 1.29 is 13.5 Å². The van der Waals surface area contributed by atoms with E-state index >= 15 is 0 Å². The molecule has 0 amide bonds. The van der Waals surface area contributed by atoms with Crippen molar-refractivity contribution in [3.63, 3.8) is 0 Å². The highest BCUT2D eigenvalue weighted by Crippen LogP contribution is 2.28. The van der Waals surface area contributed by atoms with Crippen molar-refractivity contribution in [2.45, 2.75) is 11.9 Å². The number of hydrogen-bond donors (Lipinski definition) is 0. The summed E-state index contributed by atoms with van der Waals surface area (Å²) in [6.07, 6.45) is 0. The topological polar surface area (TPSA) is 9.23 Å². The Hall–Kier alpha value is -0.650. The predicted octanol–water partition coefficient (Wildman–Crippen LogP) is 5.85. The molecule has 0 fully saturated rings. The van der Waals surface area contributed by atoms with Gasteiger partial charge in [0.25, 0.3) is 0 Å². The van der Waals surface area contributed by atoms with E-state index in [9.17, 15) is 8.78 Å². The summed E-state index contributed by atoms with van der Waals surface area (Å²) in [5, 5.41) is 1.07. The molecule has 0 saturated carbocycles. The second-order valence-corrected chi connectivity index (χ2v) is 5.83. The van der Waals surface area contributed by atoms with Gasteiger partial charge in [-0.15, -0.1) is 0 Å². The fourth-order valence-corrected chi connectivity index (χ4v) is 2.57.